The molecule has 3 heterocycles. The molecule has 15 heteroatoms. The zero-order valence-corrected chi connectivity index (χ0v) is 30.3. The first-order chi connectivity index (χ1) is 23.6. The minimum atomic E-state index is -1.24. The Kier molecular flexibility index (Phi) is 12.0. The Labute approximate surface area is 293 Å². The van der Waals surface area contributed by atoms with E-state index < -0.39 is 40.7 Å². The van der Waals surface area contributed by atoms with Crippen molar-refractivity contribution in [1.29, 1.82) is 0 Å². The number of nitrogens with zero attached hydrogens (tertiary/aromatic N) is 5. The zero-order chi connectivity index (χ0) is 35.1. The Morgan fingerprint density at radius 3 is 2.45 bits per heavy atom. The molecule has 12 nitrogen and oxygen atoms in total. The third-order valence-electron chi connectivity index (χ3n) is 9.82. The average molecular weight is 709 g/mol. The minimum absolute atomic E-state index is 0.0135. The van der Waals surface area contributed by atoms with E-state index in [9.17, 15) is 19.2 Å². The fraction of sp³-hybridized carbons (Fsp3) is 0.529. The van der Waals surface area contributed by atoms with Gasteiger partial charge in [0, 0.05) is 44.8 Å². The lowest BCUT2D eigenvalue weighted by Gasteiger charge is -2.41. The number of carbonyl (C=O) groups is 4. The highest BCUT2D eigenvalue weighted by Crippen LogP contribution is 2.34. The van der Waals surface area contributed by atoms with Crippen LogP contribution in [0.4, 0.5) is 10.1 Å². The molecule has 4 amide bonds. The van der Waals surface area contributed by atoms with Crippen molar-refractivity contribution in [1.82, 2.24) is 35.2 Å². The molecule has 2 fully saturated rings. The number of benzene rings is 1. The maximum Gasteiger partial charge on any atom is 0.270 e. The summed E-state index contributed by atoms with van der Waals surface area (Å²) in [5.74, 6) is -2.90. The molecule has 1 aromatic carbocycles. The number of hydrogen-bond acceptors (Lipinski definition) is 8. The molecule has 2 aliphatic rings. The lowest BCUT2D eigenvalue weighted by atomic mass is 9.82. The lowest BCUT2D eigenvalue weighted by Crippen LogP contribution is -2.65. The van der Waals surface area contributed by atoms with Gasteiger partial charge in [-0.25, -0.2) is 4.39 Å². The fourth-order valence-corrected chi connectivity index (χ4v) is 8.52. The van der Waals surface area contributed by atoms with Crippen molar-refractivity contribution in [2.24, 2.45) is 5.92 Å². The highest BCUT2D eigenvalue weighted by atomic mass is 32.1. The van der Waals surface area contributed by atoms with Gasteiger partial charge in [0.05, 0.1) is 26.9 Å². The topological polar surface area (TPSA) is 142 Å². The Morgan fingerprint density at radius 1 is 1.08 bits per heavy atom. The van der Waals surface area contributed by atoms with Crippen LogP contribution in [0.25, 0.3) is 0 Å². The van der Waals surface area contributed by atoms with E-state index in [1.807, 2.05) is 20.5 Å². The van der Waals surface area contributed by atoms with E-state index in [1.165, 1.54) is 29.7 Å². The number of aryl methyl sites for hydroxylation is 1. The van der Waals surface area contributed by atoms with E-state index in [2.05, 4.69) is 30.9 Å². The van der Waals surface area contributed by atoms with Crippen molar-refractivity contribution in [3.05, 3.63) is 64.1 Å². The third kappa shape index (κ3) is 8.10. The number of aromatic nitrogens is 3. The standard InChI is InChI=1S/C34H45FN8O4SSi/c1-5-43-27(13-14-37-43)30(44)40-34(49-4,24-9-7-6-8-10-24)33(47)38-26-12-11-23(19-25(26)35)22(2)29(39-31(45)28-20-36-21-48-28)32(46)42-17-15-41(3)16-18-42/h11-14,19-22,24,29H,5-10,15-18H2,1-4H3,(H,38,47)(H,39,45)(H,40,44)/t22-,29+,34-/m0/s1. The normalized spacial score (nSPS) is 18.3. The van der Waals surface area contributed by atoms with Gasteiger partial charge in [0.15, 0.2) is 0 Å². The van der Waals surface area contributed by atoms with Gasteiger partial charge in [0.1, 0.15) is 27.6 Å². The van der Waals surface area contributed by atoms with E-state index in [1.54, 1.807) is 40.3 Å². The summed E-state index contributed by atoms with van der Waals surface area (Å²) < 4.78 is 17.5. The van der Waals surface area contributed by atoms with E-state index in [0.29, 0.717) is 48.9 Å². The first-order valence-corrected chi connectivity index (χ1v) is 19.3. The van der Waals surface area contributed by atoms with Crippen LogP contribution in [0, 0.1) is 11.7 Å². The first kappa shape index (κ1) is 36.3. The monoisotopic (exact) mass is 708 g/mol. The minimum Gasteiger partial charge on any atom is -0.339 e. The number of piperazine rings is 1. The third-order valence-corrected chi connectivity index (χ3v) is 12.1. The molecule has 3 aromatic rings. The van der Waals surface area contributed by atoms with Crippen LogP contribution in [-0.2, 0) is 16.1 Å². The van der Waals surface area contributed by atoms with Gasteiger partial charge >= 0.3 is 0 Å². The number of amides is 4. The molecule has 2 radical (unpaired) electrons. The van der Waals surface area contributed by atoms with Crippen LogP contribution in [0.15, 0.2) is 42.2 Å². The number of anilines is 1. The summed E-state index contributed by atoms with van der Waals surface area (Å²) in [6.45, 7) is 8.52. The second kappa shape index (κ2) is 16.2. The van der Waals surface area contributed by atoms with Gasteiger partial charge in [0.2, 0.25) is 11.8 Å². The maximum atomic E-state index is 15.9. The molecule has 1 aliphatic heterocycles. The van der Waals surface area contributed by atoms with Crippen molar-refractivity contribution >= 4 is 50.2 Å². The van der Waals surface area contributed by atoms with Gasteiger partial charge in [-0.15, -0.1) is 11.3 Å². The predicted molar refractivity (Wildman–Crippen MR) is 187 cm³/mol. The molecule has 1 saturated carbocycles. The molecular weight excluding hydrogens is 664 g/mol. The number of nitrogens with one attached hydrogen (secondary N) is 3. The van der Waals surface area contributed by atoms with E-state index in [0.717, 1.165) is 32.1 Å². The van der Waals surface area contributed by atoms with Crippen LogP contribution in [0.2, 0.25) is 6.55 Å². The van der Waals surface area contributed by atoms with Gasteiger partial charge in [-0.1, -0.05) is 38.8 Å². The Balaban J connectivity index is 1.39. The summed E-state index contributed by atoms with van der Waals surface area (Å²) in [6.07, 6.45) is 7.51. The molecule has 1 saturated heterocycles. The van der Waals surface area contributed by atoms with Crippen LogP contribution in [0.3, 0.4) is 0 Å². The summed E-state index contributed by atoms with van der Waals surface area (Å²) in [7, 11) is 2.01. The molecule has 0 bridgehead atoms. The number of carbonyl (C=O) groups excluding carboxylic acids is 4. The number of hydrogen-bond donors (Lipinski definition) is 3. The summed E-state index contributed by atoms with van der Waals surface area (Å²) in [6, 6.07) is 5.13. The molecule has 5 rings (SSSR count). The van der Waals surface area contributed by atoms with E-state index in [4.69, 9.17) is 0 Å². The molecule has 2 aromatic heterocycles. The van der Waals surface area contributed by atoms with Crippen LogP contribution >= 0.6 is 11.3 Å². The molecule has 3 N–H and O–H groups in total. The number of likely N-dealkylation sites (N-methyl/N-ethyl adjacent to an activating group) is 1. The summed E-state index contributed by atoms with van der Waals surface area (Å²) in [5.41, 5.74) is 2.37. The highest BCUT2D eigenvalue weighted by molar-refractivity contribution is 7.11. The smallest absolute Gasteiger partial charge is 0.270 e. The van der Waals surface area contributed by atoms with Gasteiger partial charge < -0.3 is 25.8 Å². The van der Waals surface area contributed by atoms with Crippen molar-refractivity contribution in [2.45, 2.75) is 76.2 Å². The molecule has 0 spiro atoms. The number of thiazole rings is 1. The molecule has 1 aliphatic carbocycles. The summed E-state index contributed by atoms with van der Waals surface area (Å²) >= 11 is 1.17. The Morgan fingerprint density at radius 2 is 1.82 bits per heavy atom. The quantitative estimate of drug-likeness (QED) is 0.245. The maximum absolute atomic E-state index is 15.9. The molecule has 3 atom stereocenters. The van der Waals surface area contributed by atoms with Crippen molar-refractivity contribution in [3.8, 4) is 0 Å². The van der Waals surface area contributed by atoms with Crippen LogP contribution in [0.1, 0.15) is 77.6 Å². The average Bonchev–Trinajstić information content (AvgIpc) is 3.84. The Bertz CT molecular complexity index is 1620. The zero-order valence-electron chi connectivity index (χ0n) is 28.5. The van der Waals surface area contributed by atoms with Gasteiger partial charge in [-0.3, -0.25) is 28.8 Å². The molecule has 49 heavy (non-hydrogen) atoms. The molecule has 0 unspecified atom stereocenters. The van der Waals surface area contributed by atoms with Gasteiger partial charge in [-0.2, -0.15) is 5.10 Å². The molecule has 262 valence electrons. The van der Waals surface area contributed by atoms with E-state index in [-0.39, 0.29) is 27.0 Å². The Hall–Kier alpha value is -3.95. The van der Waals surface area contributed by atoms with Crippen molar-refractivity contribution < 1.29 is 23.6 Å². The SMILES string of the molecule is CCn1nccc1C(=O)N[C@@]([Si]C)(C(=O)Nc1ccc([C@H](C)[C@@H](NC(=O)c2cncs2)C(=O)N2CCN(C)CC2)cc1F)C1CCCCC1. The number of rotatable bonds is 12. The largest absolute Gasteiger partial charge is 0.339 e. The number of halogens is 1. The van der Waals surface area contributed by atoms with Crippen molar-refractivity contribution in [3.63, 3.8) is 0 Å². The van der Waals surface area contributed by atoms with Crippen LogP contribution in [0.5, 0.6) is 0 Å². The fourth-order valence-electron chi connectivity index (χ4n) is 6.77. The summed E-state index contributed by atoms with van der Waals surface area (Å²) in [5, 5.41) is 11.7. The van der Waals surface area contributed by atoms with E-state index >= 15 is 4.39 Å². The van der Waals surface area contributed by atoms with Gasteiger partial charge in [-0.05, 0) is 56.5 Å². The second-order valence-electron chi connectivity index (χ2n) is 12.8. The van der Waals surface area contributed by atoms with Crippen LogP contribution < -0.4 is 16.0 Å². The van der Waals surface area contributed by atoms with Gasteiger partial charge in [0.25, 0.3) is 11.8 Å². The summed E-state index contributed by atoms with van der Waals surface area (Å²) in [4.78, 5) is 62.9. The lowest BCUT2D eigenvalue weighted by molar-refractivity contribution is -0.135. The van der Waals surface area contributed by atoms with Crippen molar-refractivity contribution in [2.75, 3.05) is 38.5 Å². The highest BCUT2D eigenvalue weighted by Gasteiger charge is 2.46. The predicted octanol–water partition coefficient (Wildman–Crippen LogP) is 3.57. The second-order valence-corrected chi connectivity index (χ2v) is 15.0. The molecular formula is C34H45FN8O4SSi. The first-order valence-electron chi connectivity index (χ1n) is 16.9. The van der Waals surface area contributed by atoms with Crippen LogP contribution in [-0.4, -0.2) is 102 Å².